The minimum atomic E-state index is 1.12. The number of hydrogen-bond donors (Lipinski definition) is 0. The zero-order valence-electron chi connectivity index (χ0n) is 26.8. The Hall–Kier alpha value is -6.44. The van der Waals surface area contributed by atoms with Gasteiger partial charge in [-0.05, 0) is 91.0 Å². The van der Waals surface area contributed by atoms with Crippen molar-refractivity contribution in [2.75, 3.05) is 4.90 Å². The number of hydrogen-bond acceptors (Lipinski definition) is 1. The summed E-state index contributed by atoms with van der Waals surface area (Å²) in [7, 11) is 0. The van der Waals surface area contributed by atoms with E-state index in [0.29, 0.717) is 0 Å². The van der Waals surface area contributed by atoms with E-state index in [-0.39, 0.29) is 0 Å². The zero-order chi connectivity index (χ0) is 32.3. The number of nitrogens with zero attached hydrogens (tertiary/aromatic N) is 1. The molecule has 1 heteroatoms. The Balaban J connectivity index is 1.28. The Bertz CT molecular complexity index is 2440. The molecule has 0 heterocycles. The Kier molecular flexibility index (Phi) is 6.25. The molecule has 10 rings (SSSR count). The summed E-state index contributed by atoms with van der Waals surface area (Å²) < 4.78 is 0. The molecule has 0 N–H and O–H groups in total. The van der Waals surface area contributed by atoms with Crippen molar-refractivity contribution < 1.29 is 0 Å². The molecule has 49 heavy (non-hydrogen) atoms. The lowest BCUT2D eigenvalue weighted by atomic mass is 9.83. The second-order valence-electron chi connectivity index (χ2n) is 12.8. The van der Waals surface area contributed by atoms with Gasteiger partial charge >= 0.3 is 0 Å². The van der Waals surface area contributed by atoms with Crippen molar-refractivity contribution in [1.29, 1.82) is 0 Å². The molecule has 2 aliphatic rings. The highest BCUT2D eigenvalue weighted by Gasteiger charge is 2.31. The van der Waals surface area contributed by atoms with Gasteiger partial charge in [0, 0.05) is 16.8 Å². The van der Waals surface area contributed by atoms with E-state index >= 15 is 0 Å². The molecule has 8 aromatic carbocycles. The Morgan fingerprint density at radius 3 is 1.18 bits per heavy atom. The molecule has 228 valence electrons. The van der Waals surface area contributed by atoms with Crippen LogP contribution in [0.5, 0.6) is 0 Å². The summed E-state index contributed by atoms with van der Waals surface area (Å²) in [5.41, 5.74) is 21.1. The molecule has 0 aliphatic heterocycles. The SMILES string of the molecule is c1ccc(-c2ccccc2N(c2ccc3c(c2)-c2c4cccc2-c2cccc-3c2-c2ccccc2-4)c2ccccc2-c2ccccc2)cc1. The van der Waals surface area contributed by atoms with Crippen molar-refractivity contribution in [3.8, 4) is 77.9 Å². The summed E-state index contributed by atoms with van der Waals surface area (Å²) in [5, 5.41) is 0. The number of rotatable bonds is 5. The van der Waals surface area contributed by atoms with Crippen molar-refractivity contribution in [2.24, 2.45) is 0 Å². The highest BCUT2D eigenvalue weighted by Crippen LogP contribution is 2.58. The molecule has 6 bridgehead atoms. The maximum absolute atomic E-state index is 2.47. The molecule has 0 fully saturated rings. The average Bonchev–Trinajstić information content (AvgIpc) is 3.28. The summed E-state index contributed by atoms with van der Waals surface area (Å²) in [6.45, 7) is 0. The third-order valence-electron chi connectivity index (χ3n) is 10.2. The van der Waals surface area contributed by atoms with Crippen LogP contribution in [0.3, 0.4) is 0 Å². The molecule has 2 aliphatic carbocycles. The van der Waals surface area contributed by atoms with Gasteiger partial charge in [-0.3, -0.25) is 0 Å². The predicted molar refractivity (Wildman–Crippen MR) is 206 cm³/mol. The zero-order valence-corrected chi connectivity index (χ0v) is 26.8. The Morgan fingerprint density at radius 2 is 0.633 bits per heavy atom. The second-order valence-corrected chi connectivity index (χ2v) is 12.8. The summed E-state index contributed by atoms with van der Waals surface area (Å²) in [5.74, 6) is 0. The van der Waals surface area contributed by atoms with Crippen molar-refractivity contribution in [2.45, 2.75) is 0 Å². The first kappa shape index (κ1) is 27.7. The molecule has 0 unspecified atom stereocenters. The Labute approximate surface area is 287 Å². The van der Waals surface area contributed by atoms with Gasteiger partial charge in [0.15, 0.2) is 0 Å². The van der Waals surface area contributed by atoms with Crippen LogP contribution in [0.25, 0.3) is 77.9 Å². The maximum atomic E-state index is 2.47. The van der Waals surface area contributed by atoms with Gasteiger partial charge in [-0.1, -0.05) is 164 Å². The van der Waals surface area contributed by atoms with Gasteiger partial charge in [0.05, 0.1) is 11.4 Å². The molecule has 8 aromatic rings. The number of anilines is 3. The van der Waals surface area contributed by atoms with Gasteiger partial charge in [-0.2, -0.15) is 0 Å². The lowest BCUT2D eigenvalue weighted by Gasteiger charge is -2.31. The molecule has 1 nitrogen and oxygen atoms in total. The van der Waals surface area contributed by atoms with Crippen LogP contribution in [0.15, 0.2) is 188 Å². The highest BCUT2D eigenvalue weighted by atomic mass is 15.1. The van der Waals surface area contributed by atoms with Crippen LogP contribution in [-0.4, -0.2) is 0 Å². The van der Waals surface area contributed by atoms with E-state index in [1.165, 1.54) is 77.9 Å². The van der Waals surface area contributed by atoms with Crippen molar-refractivity contribution in [3.63, 3.8) is 0 Å². The van der Waals surface area contributed by atoms with E-state index < -0.39 is 0 Å². The smallest absolute Gasteiger partial charge is 0.0540 e. The fourth-order valence-electron chi connectivity index (χ4n) is 8.10. The summed E-state index contributed by atoms with van der Waals surface area (Å²) in [6, 6.07) is 68.8. The summed E-state index contributed by atoms with van der Waals surface area (Å²) in [4.78, 5) is 2.47. The lowest BCUT2D eigenvalue weighted by Crippen LogP contribution is -2.13. The van der Waals surface area contributed by atoms with Crippen LogP contribution in [-0.2, 0) is 0 Å². The lowest BCUT2D eigenvalue weighted by molar-refractivity contribution is 1.28. The first-order valence-electron chi connectivity index (χ1n) is 17.0. The first-order valence-corrected chi connectivity index (χ1v) is 17.0. The van der Waals surface area contributed by atoms with E-state index in [4.69, 9.17) is 0 Å². The van der Waals surface area contributed by atoms with Crippen LogP contribution >= 0.6 is 0 Å². The number of fused-ring (bicyclic) bond motifs is 4. The van der Waals surface area contributed by atoms with Crippen molar-refractivity contribution in [3.05, 3.63) is 188 Å². The van der Waals surface area contributed by atoms with Gasteiger partial charge in [-0.25, -0.2) is 0 Å². The van der Waals surface area contributed by atoms with Gasteiger partial charge in [0.1, 0.15) is 0 Å². The average molecular weight is 622 g/mol. The molecule has 0 spiro atoms. The van der Waals surface area contributed by atoms with E-state index in [9.17, 15) is 0 Å². The third kappa shape index (κ3) is 4.26. The largest absolute Gasteiger partial charge is 0.309 e. The van der Waals surface area contributed by atoms with Crippen LogP contribution in [0.1, 0.15) is 0 Å². The molecular weight excluding hydrogens is 591 g/mol. The molecule has 0 saturated carbocycles. The van der Waals surface area contributed by atoms with Crippen molar-refractivity contribution in [1.82, 2.24) is 0 Å². The normalized spacial score (nSPS) is 11.7. The predicted octanol–water partition coefficient (Wildman–Crippen LogP) is 13.5. The van der Waals surface area contributed by atoms with Crippen molar-refractivity contribution >= 4 is 17.1 Å². The fourth-order valence-corrected chi connectivity index (χ4v) is 8.10. The molecule has 0 aromatic heterocycles. The number of para-hydroxylation sites is 2. The van der Waals surface area contributed by atoms with Crippen LogP contribution in [0.4, 0.5) is 17.1 Å². The minimum Gasteiger partial charge on any atom is -0.309 e. The van der Waals surface area contributed by atoms with Crippen LogP contribution < -0.4 is 4.90 Å². The summed E-state index contributed by atoms with van der Waals surface area (Å²) in [6.07, 6.45) is 0. The third-order valence-corrected chi connectivity index (χ3v) is 10.2. The standard InChI is InChI=1S/C48H31N/c1-3-15-32(16-4-1)35-19-9-11-27-45(35)49(46-28-12-10-20-36(46)33-17-5-2-6-18-33)34-29-30-38-41-24-14-25-42-43-26-13-23-40(48(43)44(38)31-34)37-21-7-8-22-39(37)47(41)42/h1-31H. The summed E-state index contributed by atoms with van der Waals surface area (Å²) >= 11 is 0. The first-order chi connectivity index (χ1) is 24.3. The quantitative estimate of drug-likeness (QED) is 0.185. The van der Waals surface area contributed by atoms with Gasteiger partial charge in [-0.15, -0.1) is 0 Å². The van der Waals surface area contributed by atoms with E-state index in [1.54, 1.807) is 0 Å². The minimum absolute atomic E-state index is 1.12. The monoisotopic (exact) mass is 621 g/mol. The fraction of sp³-hybridized carbons (Fsp3) is 0. The van der Waals surface area contributed by atoms with Gasteiger partial charge < -0.3 is 4.90 Å². The van der Waals surface area contributed by atoms with Gasteiger partial charge in [0.25, 0.3) is 0 Å². The number of benzene rings is 8. The molecular formula is C48H31N. The molecule has 0 radical (unpaired) electrons. The highest BCUT2D eigenvalue weighted by molar-refractivity contribution is 6.15. The molecule has 0 atom stereocenters. The Morgan fingerprint density at radius 1 is 0.245 bits per heavy atom. The molecule has 0 saturated heterocycles. The van der Waals surface area contributed by atoms with E-state index in [2.05, 4.69) is 193 Å². The van der Waals surface area contributed by atoms with E-state index in [1.807, 2.05) is 0 Å². The second kappa shape index (κ2) is 11.1. The van der Waals surface area contributed by atoms with Crippen LogP contribution in [0, 0.1) is 0 Å². The van der Waals surface area contributed by atoms with Gasteiger partial charge in [0.2, 0.25) is 0 Å². The molecule has 0 amide bonds. The van der Waals surface area contributed by atoms with E-state index in [0.717, 1.165) is 17.1 Å². The topological polar surface area (TPSA) is 3.24 Å². The maximum Gasteiger partial charge on any atom is 0.0540 e. The van der Waals surface area contributed by atoms with Crippen LogP contribution in [0.2, 0.25) is 0 Å².